The van der Waals surface area contributed by atoms with Gasteiger partial charge in [-0.05, 0) is 24.3 Å². The molecule has 0 atom stereocenters. The molecule has 0 N–H and O–H groups in total. The molecule has 0 aliphatic carbocycles. The molecule has 0 spiro atoms. The summed E-state index contributed by atoms with van der Waals surface area (Å²) in [6.45, 7) is 0. The molecule has 0 saturated carbocycles. The number of benzene rings is 1. The molecule has 4 heteroatoms. The number of rotatable bonds is 3. The van der Waals surface area contributed by atoms with Gasteiger partial charge in [-0.3, -0.25) is 4.98 Å². The molecule has 0 aliphatic heterocycles. The third-order valence-corrected chi connectivity index (χ3v) is 2.86. The summed E-state index contributed by atoms with van der Waals surface area (Å²) in [5, 5.41) is 4.36. The van der Waals surface area contributed by atoms with Crippen molar-refractivity contribution in [3.8, 4) is 22.7 Å². The third kappa shape index (κ3) is 2.33. The van der Waals surface area contributed by atoms with Crippen LogP contribution in [0.2, 0.25) is 0 Å². The van der Waals surface area contributed by atoms with Crippen molar-refractivity contribution in [2.75, 3.05) is 7.11 Å². The quantitative estimate of drug-likeness (QED) is 0.718. The number of nitrogens with zero attached hydrogens (tertiary/aromatic N) is 3. The molecule has 94 valence electrons. The van der Waals surface area contributed by atoms with Crippen LogP contribution in [0.1, 0.15) is 0 Å². The van der Waals surface area contributed by atoms with Gasteiger partial charge in [-0.25, -0.2) is 4.68 Å². The van der Waals surface area contributed by atoms with Gasteiger partial charge in [-0.2, -0.15) is 5.10 Å². The summed E-state index contributed by atoms with van der Waals surface area (Å²) in [7, 11) is 1.65. The van der Waals surface area contributed by atoms with E-state index in [9.17, 15) is 0 Å². The molecule has 2 aromatic heterocycles. The van der Waals surface area contributed by atoms with Crippen molar-refractivity contribution < 1.29 is 4.74 Å². The van der Waals surface area contributed by atoms with Crippen LogP contribution in [0.3, 0.4) is 0 Å². The Hall–Kier alpha value is -2.62. The Bertz CT molecular complexity index is 677. The number of methoxy groups -OCH3 is 1. The molecule has 2 heterocycles. The molecule has 1 aromatic carbocycles. The average molecular weight is 251 g/mol. The van der Waals surface area contributed by atoms with Crippen LogP contribution in [0.25, 0.3) is 16.9 Å². The van der Waals surface area contributed by atoms with Gasteiger partial charge in [-0.1, -0.05) is 12.1 Å². The maximum Gasteiger partial charge on any atom is 0.121 e. The highest BCUT2D eigenvalue weighted by Gasteiger charge is 2.04. The summed E-state index contributed by atoms with van der Waals surface area (Å²) >= 11 is 0. The Morgan fingerprint density at radius 2 is 2.05 bits per heavy atom. The maximum absolute atomic E-state index is 5.21. The lowest BCUT2D eigenvalue weighted by Crippen LogP contribution is -1.94. The first-order chi connectivity index (χ1) is 9.36. The maximum atomic E-state index is 5.21. The third-order valence-electron chi connectivity index (χ3n) is 2.86. The van der Waals surface area contributed by atoms with Crippen LogP contribution in [0.4, 0.5) is 0 Å². The van der Waals surface area contributed by atoms with Gasteiger partial charge in [0.1, 0.15) is 5.75 Å². The number of pyridine rings is 1. The molecular weight excluding hydrogens is 238 g/mol. The van der Waals surface area contributed by atoms with Crippen molar-refractivity contribution >= 4 is 0 Å². The predicted octanol–water partition coefficient (Wildman–Crippen LogP) is 2.94. The zero-order chi connectivity index (χ0) is 13.1. The average Bonchev–Trinajstić information content (AvgIpc) is 2.98. The van der Waals surface area contributed by atoms with Gasteiger partial charge >= 0.3 is 0 Å². The minimum absolute atomic E-state index is 0.812. The Balaban J connectivity index is 1.97. The Morgan fingerprint density at radius 3 is 2.84 bits per heavy atom. The smallest absolute Gasteiger partial charge is 0.121 e. The Morgan fingerprint density at radius 1 is 1.11 bits per heavy atom. The fraction of sp³-hybridized carbons (Fsp3) is 0.0667. The fourth-order valence-electron chi connectivity index (χ4n) is 1.88. The molecule has 0 radical (unpaired) electrons. The Kier molecular flexibility index (Phi) is 2.98. The lowest BCUT2D eigenvalue weighted by Gasteiger charge is -2.03. The van der Waals surface area contributed by atoms with E-state index in [-0.39, 0.29) is 0 Å². The van der Waals surface area contributed by atoms with Crippen molar-refractivity contribution in [2.24, 2.45) is 0 Å². The van der Waals surface area contributed by atoms with E-state index in [1.807, 2.05) is 59.5 Å². The molecule has 0 saturated heterocycles. The highest BCUT2D eigenvalue weighted by Crippen LogP contribution is 2.20. The first-order valence-corrected chi connectivity index (χ1v) is 5.97. The number of ether oxygens (including phenoxy) is 1. The van der Waals surface area contributed by atoms with Gasteiger partial charge in [-0.15, -0.1) is 0 Å². The second kappa shape index (κ2) is 4.94. The summed E-state index contributed by atoms with van der Waals surface area (Å²) < 4.78 is 7.03. The number of aromatic nitrogens is 3. The highest BCUT2D eigenvalue weighted by atomic mass is 16.5. The molecule has 4 nitrogen and oxygen atoms in total. The molecule has 0 aliphatic rings. The van der Waals surface area contributed by atoms with Gasteiger partial charge in [0.05, 0.1) is 24.7 Å². The van der Waals surface area contributed by atoms with Crippen molar-refractivity contribution in [3.63, 3.8) is 0 Å². The summed E-state index contributed by atoms with van der Waals surface area (Å²) in [6.07, 6.45) is 5.54. The van der Waals surface area contributed by atoms with Crippen LogP contribution in [-0.2, 0) is 0 Å². The standard InChI is InChI=1S/C15H13N3O/c1-19-14-6-4-5-13(9-14)18-11-12(10-17-18)15-7-2-3-8-16-15/h2-11H,1H3. The van der Waals surface area contributed by atoms with Crippen LogP contribution in [0, 0.1) is 0 Å². The monoisotopic (exact) mass is 251 g/mol. The van der Waals surface area contributed by atoms with E-state index in [1.54, 1.807) is 13.3 Å². The van der Waals surface area contributed by atoms with Crippen molar-refractivity contribution in [2.45, 2.75) is 0 Å². The Labute approximate surface area is 111 Å². The predicted molar refractivity (Wildman–Crippen MR) is 73.3 cm³/mol. The van der Waals surface area contributed by atoms with Gasteiger partial charge in [0.25, 0.3) is 0 Å². The first-order valence-electron chi connectivity index (χ1n) is 5.97. The fourth-order valence-corrected chi connectivity index (χ4v) is 1.88. The molecular formula is C15H13N3O. The summed E-state index contributed by atoms with van der Waals surface area (Å²) in [5.74, 6) is 0.812. The van der Waals surface area contributed by atoms with E-state index in [4.69, 9.17) is 4.74 Å². The number of hydrogen-bond donors (Lipinski definition) is 0. The van der Waals surface area contributed by atoms with Crippen molar-refractivity contribution in [3.05, 3.63) is 61.1 Å². The van der Waals surface area contributed by atoms with Crippen LogP contribution in [-0.4, -0.2) is 21.9 Å². The highest BCUT2D eigenvalue weighted by molar-refractivity contribution is 5.57. The van der Waals surface area contributed by atoms with Crippen LogP contribution >= 0.6 is 0 Å². The lowest BCUT2D eigenvalue weighted by atomic mass is 10.2. The molecule has 0 bridgehead atoms. The minimum Gasteiger partial charge on any atom is -0.497 e. The minimum atomic E-state index is 0.812. The van der Waals surface area contributed by atoms with Gasteiger partial charge < -0.3 is 4.74 Å². The molecule has 0 unspecified atom stereocenters. The summed E-state index contributed by atoms with van der Waals surface area (Å²) in [5.41, 5.74) is 2.86. The summed E-state index contributed by atoms with van der Waals surface area (Å²) in [6, 6.07) is 13.6. The lowest BCUT2D eigenvalue weighted by molar-refractivity contribution is 0.414. The normalized spacial score (nSPS) is 10.4. The van der Waals surface area contributed by atoms with Gasteiger partial charge in [0.2, 0.25) is 0 Å². The second-order valence-corrected chi connectivity index (χ2v) is 4.09. The molecule has 3 rings (SSSR count). The van der Waals surface area contributed by atoms with Crippen LogP contribution < -0.4 is 4.74 Å². The van der Waals surface area contributed by atoms with Crippen molar-refractivity contribution in [1.29, 1.82) is 0 Å². The van der Waals surface area contributed by atoms with E-state index in [2.05, 4.69) is 10.1 Å². The van der Waals surface area contributed by atoms with E-state index in [0.717, 1.165) is 22.7 Å². The van der Waals surface area contributed by atoms with Crippen LogP contribution in [0.15, 0.2) is 61.1 Å². The molecule has 3 aromatic rings. The zero-order valence-electron chi connectivity index (χ0n) is 10.5. The van der Waals surface area contributed by atoms with E-state index < -0.39 is 0 Å². The topological polar surface area (TPSA) is 39.9 Å². The van der Waals surface area contributed by atoms with Gasteiger partial charge in [0.15, 0.2) is 0 Å². The second-order valence-electron chi connectivity index (χ2n) is 4.09. The number of hydrogen-bond acceptors (Lipinski definition) is 3. The van der Waals surface area contributed by atoms with E-state index in [0.29, 0.717) is 0 Å². The molecule has 0 fully saturated rings. The largest absolute Gasteiger partial charge is 0.497 e. The van der Waals surface area contributed by atoms with E-state index >= 15 is 0 Å². The summed E-state index contributed by atoms with van der Waals surface area (Å²) in [4.78, 5) is 4.31. The first kappa shape index (κ1) is 11.5. The van der Waals surface area contributed by atoms with E-state index in [1.165, 1.54) is 0 Å². The SMILES string of the molecule is COc1cccc(-n2cc(-c3ccccn3)cn2)c1. The van der Waals surface area contributed by atoms with Crippen molar-refractivity contribution in [1.82, 2.24) is 14.8 Å². The zero-order valence-corrected chi connectivity index (χ0v) is 10.5. The van der Waals surface area contributed by atoms with Crippen LogP contribution in [0.5, 0.6) is 5.75 Å². The van der Waals surface area contributed by atoms with Gasteiger partial charge in [0, 0.05) is 24.0 Å². The molecule has 19 heavy (non-hydrogen) atoms. The molecule has 0 amide bonds.